The first-order valence-electron chi connectivity index (χ1n) is 14.6. The summed E-state index contributed by atoms with van der Waals surface area (Å²) < 4.78 is 33.5. The Balaban J connectivity index is 0.00000576. The first-order chi connectivity index (χ1) is 21.8. The number of carbonyl (C=O) groups excluding carboxylic acids is 3. The zero-order chi connectivity index (χ0) is 32.2. The third-order valence-electron chi connectivity index (χ3n) is 7.28. The lowest BCUT2D eigenvalue weighted by atomic mass is 9.95. The molecule has 0 unspecified atom stereocenters. The van der Waals surface area contributed by atoms with Crippen molar-refractivity contribution in [3.8, 4) is 5.75 Å². The highest BCUT2D eigenvalue weighted by Crippen LogP contribution is 2.22. The van der Waals surface area contributed by atoms with Crippen LogP contribution in [0.5, 0.6) is 5.75 Å². The number of benzene rings is 4. The van der Waals surface area contributed by atoms with Gasteiger partial charge in [0.25, 0.3) is 5.91 Å². The minimum atomic E-state index is -1.11. The molecular formula is C35H37ClF2N4O4. The van der Waals surface area contributed by atoms with Crippen LogP contribution in [0.1, 0.15) is 51.4 Å². The second-order valence-electron chi connectivity index (χ2n) is 10.3. The lowest BCUT2D eigenvalue weighted by Gasteiger charge is -2.22. The first-order valence-corrected chi connectivity index (χ1v) is 14.6. The van der Waals surface area contributed by atoms with Crippen LogP contribution in [0.4, 0.5) is 8.78 Å². The topological polar surface area (TPSA) is 123 Å². The summed E-state index contributed by atoms with van der Waals surface area (Å²) in [6.07, 6.45) is 0. The van der Waals surface area contributed by atoms with Crippen LogP contribution in [0.3, 0.4) is 0 Å². The molecule has 0 aliphatic heterocycles. The number of ether oxygens (including phenoxy) is 1. The van der Waals surface area contributed by atoms with Crippen LogP contribution in [0.25, 0.3) is 0 Å². The Bertz CT molecular complexity index is 1590. The number of amides is 3. The van der Waals surface area contributed by atoms with E-state index in [1.807, 2.05) is 31.2 Å². The predicted octanol–water partition coefficient (Wildman–Crippen LogP) is 4.97. The van der Waals surface area contributed by atoms with Gasteiger partial charge in [-0.25, -0.2) is 8.78 Å². The molecule has 0 saturated heterocycles. The molecule has 242 valence electrons. The molecule has 4 rings (SSSR count). The number of halogens is 3. The summed E-state index contributed by atoms with van der Waals surface area (Å²) in [7, 11) is 0. The molecule has 0 heterocycles. The van der Waals surface area contributed by atoms with Crippen LogP contribution in [0.2, 0.25) is 0 Å². The Hall–Kier alpha value is -4.80. The molecule has 46 heavy (non-hydrogen) atoms. The number of hydrogen-bond donors (Lipinski definition) is 4. The Kier molecular flexibility index (Phi) is 13.7. The zero-order valence-corrected chi connectivity index (χ0v) is 26.1. The third-order valence-corrected chi connectivity index (χ3v) is 7.28. The van der Waals surface area contributed by atoms with Crippen molar-refractivity contribution in [2.45, 2.75) is 31.8 Å². The molecule has 4 aromatic rings. The van der Waals surface area contributed by atoms with Gasteiger partial charge in [-0.2, -0.15) is 0 Å². The average Bonchev–Trinajstić information content (AvgIpc) is 3.06. The summed E-state index contributed by atoms with van der Waals surface area (Å²) in [5, 5.41) is 8.43. The van der Waals surface area contributed by atoms with Crippen LogP contribution in [0, 0.1) is 11.6 Å². The summed E-state index contributed by atoms with van der Waals surface area (Å²) in [5.74, 6) is -4.70. The maximum atomic E-state index is 14.2. The van der Waals surface area contributed by atoms with Crippen molar-refractivity contribution in [3.05, 3.63) is 137 Å². The van der Waals surface area contributed by atoms with E-state index < -0.39 is 35.3 Å². The highest BCUT2D eigenvalue weighted by molar-refractivity contribution is 5.95. The normalized spacial score (nSPS) is 11.8. The lowest BCUT2D eigenvalue weighted by Crippen LogP contribution is -2.41. The van der Waals surface area contributed by atoms with Crippen molar-refractivity contribution in [2.75, 3.05) is 19.7 Å². The fraction of sp³-hybridized carbons (Fsp3) is 0.229. The van der Waals surface area contributed by atoms with Crippen molar-refractivity contribution in [3.63, 3.8) is 0 Å². The molecule has 0 spiro atoms. The number of hydrogen-bond acceptors (Lipinski definition) is 5. The monoisotopic (exact) mass is 650 g/mol. The fourth-order valence-corrected chi connectivity index (χ4v) is 4.73. The lowest BCUT2D eigenvalue weighted by molar-refractivity contribution is -0.124. The molecule has 2 atom stereocenters. The van der Waals surface area contributed by atoms with Gasteiger partial charge in [-0.3, -0.25) is 14.4 Å². The molecule has 3 amide bonds. The van der Waals surface area contributed by atoms with E-state index in [-0.39, 0.29) is 43.5 Å². The molecule has 0 aliphatic rings. The molecular weight excluding hydrogens is 614 g/mol. The van der Waals surface area contributed by atoms with E-state index in [0.29, 0.717) is 30.0 Å². The number of rotatable bonds is 14. The summed E-state index contributed by atoms with van der Waals surface area (Å²) in [6, 6.07) is 26.1. The van der Waals surface area contributed by atoms with Crippen LogP contribution in [-0.4, -0.2) is 37.4 Å². The average molecular weight is 651 g/mol. The molecule has 4 aromatic carbocycles. The summed E-state index contributed by atoms with van der Waals surface area (Å²) >= 11 is 0. The van der Waals surface area contributed by atoms with Gasteiger partial charge in [0.05, 0.1) is 18.4 Å². The van der Waals surface area contributed by atoms with Crippen molar-refractivity contribution < 1.29 is 27.9 Å². The second-order valence-corrected chi connectivity index (χ2v) is 10.3. The van der Waals surface area contributed by atoms with Gasteiger partial charge in [0.2, 0.25) is 11.8 Å². The molecule has 0 bridgehead atoms. The quantitative estimate of drug-likeness (QED) is 0.153. The molecule has 0 aromatic heterocycles. The number of nitrogens with one attached hydrogen (secondary N) is 3. The Labute approximate surface area is 273 Å². The van der Waals surface area contributed by atoms with E-state index in [9.17, 15) is 23.2 Å². The van der Waals surface area contributed by atoms with E-state index >= 15 is 0 Å². The molecule has 5 N–H and O–H groups in total. The van der Waals surface area contributed by atoms with Gasteiger partial charge in [0.1, 0.15) is 5.75 Å². The smallest absolute Gasteiger partial charge is 0.251 e. The number of carbonyl (C=O) groups is 3. The summed E-state index contributed by atoms with van der Waals surface area (Å²) in [5.41, 5.74) is 8.66. The van der Waals surface area contributed by atoms with E-state index in [4.69, 9.17) is 10.5 Å². The van der Waals surface area contributed by atoms with Gasteiger partial charge in [-0.15, -0.1) is 12.4 Å². The SMILES string of the molecule is CCOc1ccc([C@@H](CNC(=O)c2ccccc2)C(=O)NC[C@H](C(=O)NCc2ccc(CN)cc2)c2ccc(F)c(F)c2)cc1.Cl. The van der Waals surface area contributed by atoms with E-state index in [2.05, 4.69) is 16.0 Å². The number of nitrogens with two attached hydrogens (primary N) is 1. The molecule has 11 heteroatoms. The van der Waals surface area contributed by atoms with Crippen molar-refractivity contribution in [1.82, 2.24) is 16.0 Å². The van der Waals surface area contributed by atoms with Crippen LogP contribution < -0.4 is 26.4 Å². The molecule has 0 saturated carbocycles. The maximum absolute atomic E-state index is 14.2. The van der Waals surface area contributed by atoms with Crippen LogP contribution in [0.15, 0.2) is 97.1 Å². The molecule has 8 nitrogen and oxygen atoms in total. The molecule has 0 fully saturated rings. The minimum Gasteiger partial charge on any atom is -0.494 e. The Morgan fingerprint density at radius 2 is 1.30 bits per heavy atom. The van der Waals surface area contributed by atoms with Gasteiger partial charge in [-0.05, 0) is 65.6 Å². The second kappa shape index (κ2) is 17.6. The highest BCUT2D eigenvalue weighted by atomic mass is 35.5. The van der Waals surface area contributed by atoms with Gasteiger partial charge in [0, 0.05) is 31.7 Å². The first kappa shape index (κ1) is 35.7. The van der Waals surface area contributed by atoms with Crippen molar-refractivity contribution in [2.24, 2.45) is 5.73 Å². The van der Waals surface area contributed by atoms with Crippen LogP contribution in [-0.2, 0) is 22.7 Å². The Morgan fingerprint density at radius 1 is 0.717 bits per heavy atom. The largest absolute Gasteiger partial charge is 0.494 e. The van der Waals surface area contributed by atoms with Gasteiger partial charge in [-0.1, -0.05) is 60.7 Å². The maximum Gasteiger partial charge on any atom is 0.251 e. The van der Waals surface area contributed by atoms with Gasteiger partial charge < -0.3 is 26.4 Å². The third kappa shape index (κ3) is 9.85. The standard InChI is InChI=1S/C35H36F2N4O4.ClH/c1-2-45-28-15-12-25(13-16-28)29(21-40-33(42)26-6-4-3-5-7-26)34(43)41-22-30(27-14-17-31(36)32(37)18-27)35(44)39-20-24-10-8-23(19-38)9-11-24;/h3-18,29-30H,2,19-22,38H2,1H3,(H,39,44)(H,40,42)(H,41,43);1H/t29-,30+;/m1./s1. The van der Waals surface area contributed by atoms with Gasteiger partial charge in [0.15, 0.2) is 11.6 Å². The van der Waals surface area contributed by atoms with Crippen molar-refractivity contribution >= 4 is 30.1 Å². The molecule has 0 radical (unpaired) electrons. The fourth-order valence-electron chi connectivity index (χ4n) is 4.73. The molecule has 0 aliphatic carbocycles. The Morgan fingerprint density at radius 3 is 1.93 bits per heavy atom. The zero-order valence-electron chi connectivity index (χ0n) is 25.3. The van der Waals surface area contributed by atoms with Crippen molar-refractivity contribution in [1.29, 1.82) is 0 Å². The van der Waals surface area contributed by atoms with E-state index in [0.717, 1.165) is 23.3 Å². The van der Waals surface area contributed by atoms with Crippen LogP contribution >= 0.6 is 12.4 Å². The highest BCUT2D eigenvalue weighted by Gasteiger charge is 2.27. The predicted molar refractivity (Wildman–Crippen MR) is 175 cm³/mol. The summed E-state index contributed by atoms with van der Waals surface area (Å²) in [4.78, 5) is 39.8. The minimum absolute atomic E-state index is 0. The van der Waals surface area contributed by atoms with E-state index in [1.54, 1.807) is 54.6 Å². The van der Waals surface area contributed by atoms with E-state index in [1.165, 1.54) is 6.07 Å². The summed E-state index contributed by atoms with van der Waals surface area (Å²) in [6.45, 7) is 2.66. The van der Waals surface area contributed by atoms with Gasteiger partial charge >= 0.3 is 0 Å².